The number of amides is 2. The summed E-state index contributed by atoms with van der Waals surface area (Å²) >= 11 is 3.31. The van der Waals surface area contributed by atoms with E-state index in [1.165, 1.54) is 0 Å². The van der Waals surface area contributed by atoms with Crippen LogP contribution < -0.4 is 10.6 Å². The van der Waals surface area contributed by atoms with E-state index in [9.17, 15) is 9.59 Å². The van der Waals surface area contributed by atoms with Gasteiger partial charge in [0.25, 0.3) is 11.8 Å². The summed E-state index contributed by atoms with van der Waals surface area (Å²) < 4.78 is 0.760. The Labute approximate surface area is 124 Å². The number of imide groups is 1. The smallest absolute Gasteiger partial charge is 0.266 e. The first-order valence-corrected chi connectivity index (χ1v) is 6.83. The molecule has 0 fully saturated rings. The van der Waals surface area contributed by atoms with Crippen molar-refractivity contribution in [2.24, 2.45) is 0 Å². The van der Waals surface area contributed by atoms with Crippen LogP contribution >= 0.6 is 15.9 Å². The lowest BCUT2D eigenvalue weighted by atomic mass is 10.1. The van der Waals surface area contributed by atoms with Gasteiger partial charge >= 0.3 is 0 Å². The van der Waals surface area contributed by atoms with E-state index < -0.39 is 0 Å². The molecule has 1 heterocycles. The van der Waals surface area contributed by atoms with Gasteiger partial charge in [-0.25, -0.2) is 4.90 Å². The lowest BCUT2D eigenvalue weighted by Gasteiger charge is -2.16. The van der Waals surface area contributed by atoms with Crippen LogP contribution in [-0.4, -0.2) is 11.8 Å². The zero-order valence-electron chi connectivity index (χ0n) is 10.7. The predicted octanol–water partition coefficient (Wildman–Crippen LogP) is 3.14. The molecule has 3 rings (SSSR count). The second kappa shape index (κ2) is 4.45. The van der Waals surface area contributed by atoms with Gasteiger partial charge < -0.3 is 5.73 Å². The van der Waals surface area contributed by atoms with Crippen LogP contribution in [0.3, 0.4) is 0 Å². The average Bonchev–Trinajstić information content (AvgIpc) is 2.63. The van der Waals surface area contributed by atoms with Crippen molar-refractivity contribution in [2.75, 3.05) is 10.6 Å². The van der Waals surface area contributed by atoms with E-state index in [1.807, 2.05) is 13.0 Å². The summed E-state index contributed by atoms with van der Waals surface area (Å²) in [5, 5.41) is 0. The van der Waals surface area contributed by atoms with Gasteiger partial charge in [-0.2, -0.15) is 0 Å². The average molecular weight is 331 g/mol. The van der Waals surface area contributed by atoms with Gasteiger partial charge in [0, 0.05) is 4.47 Å². The molecule has 1 aliphatic rings. The Kier molecular flexibility index (Phi) is 2.87. The van der Waals surface area contributed by atoms with Gasteiger partial charge in [-0.05, 0) is 42.8 Å². The van der Waals surface area contributed by atoms with Crippen molar-refractivity contribution < 1.29 is 9.59 Å². The van der Waals surface area contributed by atoms with Gasteiger partial charge in [0.15, 0.2) is 0 Å². The summed E-state index contributed by atoms with van der Waals surface area (Å²) in [6.45, 7) is 1.90. The van der Waals surface area contributed by atoms with Gasteiger partial charge in [-0.1, -0.05) is 22.0 Å². The first kappa shape index (κ1) is 12.9. The number of halogens is 1. The second-order valence-corrected chi connectivity index (χ2v) is 5.61. The summed E-state index contributed by atoms with van der Waals surface area (Å²) in [6.07, 6.45) is 0. The fourth-order valence-corrected chi connectivity index (χ4v) is 2.67. The first-order valence-electron chi connectivity index (χ1n) is 6.03. The number of hydrogen-bond donors (Lipinski definition) is 1. The minimum atomic E-state index is -0.346. The molecular weight excluding hydrogens is 320 g/mol. The van der Waals surface area contributed by atoms with Crippen molar-refractivity contribution in [3.63, 3.8) is 0 Å². The van der Waals surface area contributed by atoms with E-state index in [0.29, 0.717) is 22.5 Å². The molecule has 0 bridgehead atoms. The van der Waals surface area contributed by atoms with Crippen LogP contribution in [0.2, 0.25) is 0 Å². The van der Waals surface area contributed by atoms with Gasteiger partial charge in [0.05, 0.1) is 22.5 Å². The third-order valence-electron chi connectivity index (χ3n) is 3.27. The van der Waals surface area contributed by atoms with Crippen LogP contribution in [0.1, 0.15) is 26.3 Å². The van der Waals surface area contributed by atoms with Crippen LogP contribution in [0.15, 0.2) is 40.9 Å². The highest BCUT2D eigenvalue weighted by atomic mass is 79.9. The maximum absolute atomic E-state index is 12.4. The molecule has 4 nitrogen and oxygen atoms in total. The Morgan fingerprint density at radius 3 is 2.40 bits per heavy atom. The molecule has 0 saturated heterocycles. The van der Waals surface area contributed by atoms with Crippen molar-refractivity contribution in [1.29, 1.82) is 0 Å². The monoisotopic (exact) mass is 330 g/mol. The summed E-state index contributed by atoms with van der Waals surface area (Å²) in [5.41, 5.74) is 8.55. The SMILES string of the molecule is Cc1ccc(N2C(=O)c3ccc(Br)cc3C2=O)c(N)c1. The third-order valence-corrected chi connectivity index (χ3v) is 3.77. The zero-order chi connectivity index (χ0) is 14.4. The molecule has 0 aromatic heterocycles. The van der Waals surface area contributed by atoms with Crippen molar-refractivity contribution in [2.45, 2.75) is 6.92 Å². The van der Waals surface area contributed by atoms with Crippen molar-refractivity contribution in [3.8, 4) is 0 Å². The molecule has 0 aliphatic carbocycles. The Hall–Kier alpha value is -2.14. The van der Waals surface area contributed by atoms with Crippen molar-refractivity contribution >= 4 is 39.1 Å². The summed E-state index contributed by atoms with van der Waals surface area (Å²) in [5.74, 6) is -0.685. The van der Waals surface area contributed by atoms with Crippen LogP contribution in [-0.2, 0) is 0 Å². The van der Waals surface area contributed by atoms with Gasteiger partial charge in [0.2, 0.25) is 0 Å². The summed E-state index contributed by atoms with van der Waals surface area (Å²) in [6, 6.07) is 10.3. The molecule has 2 N–H and O–H groups in total. The number of nitrogens with two attached hydrogens (primary N) is 1. The van der Waals surface area contributed by atoms with Crippen LogP contribution in [0.4, 0.5) is 11.4 Å². The van der Waals surface area contributed by atoms with Crippen LogP contribution in [0.5, 0.6) is 0 Å². The zero-order valence-corrected chi connectivity index (χ0v) is 12.3. The largest absolute Gasteiger partial charge is 0.397 e. The fourth-order valence-electron chi connectivity index (χ4n) is 2.31. The molecule has 2 aromatic carbocycles. The Morgan fingerprint density at radius 2 is 1.70 bits per heavy atom. The number of anilines is 2. The number of benzene rings is 2. The molecule has 0 saturated carbocycles. The van der Waals surface area contributed by atoms with Crippen LogP contribution in [0, 0.1) is 6.92 Å². The maximum atomic E-state index is 12.4. The standard InChI is InChI=1S/C15H11BrN2O2/c1-8-2-5-13(12(17)6-8)18-14(19)10-4-3-9(16)7-11(10)15(18)20/h2-7H,17H2,1H3. The number of rotatable bonds is 1. The van der Waals surface area contributed by atoms with Gasteiger partial charge in [-0.15, -0.1) is 0 Å². The maximum Gasteiger partial charge on any atom is 0.266 e. The normalized spacial score (nSPS) is 13.8. The number of aryl methyl sites for hydroxylation is 1. The summed E-state index contributed by atoms with van der Waals surface area (Å²) in [7, 11) is 0. The van der Waals surface area contributed by atoms with E-state index in [1.54, 1.807) is 30.3 Å². The molecule has 0 radical (unpaired) electrons. The van der Waals surface area contributed by atoms with E-state index in [2.05, 4.69) is 15.9 Å². The van der Waals surface area contributed by atoms with E-state index in [4.69, 9.17) is 5.73 Å². The number of fused-ring (bicyclic) bond motifs is 1. The Morgan fingerprint density at radius 1 is 1.00 bits per heavy atom. The molecule has 100 valence electrons. The lowest BCUT2D eigenvalue weighted by Crippen LogP contribution is -2.30. The Balaban J connectivity index is 2.14. The molecule has 0 unspecified atom stereocenters. The summed E-state index contributed by atoms with van der Waals surface area (Å²) in [4.78, 5) is 25.9. The highest BCUT2D eigenvalue weighted by Crippen LogP contribution is 2.33. The number of hydrogen-bond acceptors (Lipinski definition) is 3. The fraction of sp³-hybridized carbons (Fsp3) is 0.0667. The van der Waals surface area contributed by atoms with E-state index >= 15 is 0 Å². The topological polar surface area (TPSA) is 63.4 Å². The van der Waals surface area contributed by atoms with Gasteiger partial charge in [0.1, 0.15) is 0 Å². The quantitative estimate of drug-likeness (QED) is 0.645. The molecule has 20 heavy (non-hydrogen) atoms. The van der Waals surface area contributed by atoms with E-state index in [-0.39, 0.29) is 11.8 Å². The minimum absolute atomic E-state index is 0.340. The number of nitrogen functional groups attached to an aromatic ring is 1. The molecule has 2 amide bonds. The molecule has 0 spiro atoms. The highest BCUT2D eigenvalue weighted by Gasteiger charge is 2.37. The van der Waals surface area contributed by atoms with Gasteiger partial charge in [-0.3, -0.25) is 9.59 Å². The minimum Gasteiger partial charge on any atom is -0.397 e. The lowest BCUT2D eigenvalue weighted by molar-refractivity contribution is 0.0926. The number of carbonyl (C=O) groups excluding carboxylic acids is 2. The van der Waals surface area contributed by atoms with Crippen molar-refractivity contribution in [3.05, 3.63) is 57.6 Å². The third kappa shape index (κ3) is 1.82. The molecule has 0 atom stereocenters. The van der Waals surface area contributed by atoms with Crippen LogP contribution in [0.25, 0.3) is 0 Å². The number of nitrogens with zero attached hydrogens (tertiary/aromatic N) is 1. The highest BCUT2D eigenvalue weighted by molar-refractivity contribution is 9.10. The second-order valence-electron chi connectivity index (χ2n) is 4.70. The predicted molar refractivity (Wildman–Crippen MR) is 80.9 cm³/mol. The van der Waals surface area contributed by atoms with E-state index in [0.717, 1.165) is 14.9 Å². The molecule has 2 aromatic rings. The van der Waals surface area contributed by atoms with Crippen molar-refractivity contribution in [1.82, 2.24) is 0 Å². The molecule has 1 aliphatic heterocycles. The molecule has 5 heteroatoms. The first-order chi connectivity index (χ1) is 9.49. The molecular formula is C15H11BrN2O2. The number of carbonyl (C=O) groups is 2. The Bertz CT molecular complexity index is 756.